The van der Waals surface area contributed by atoms with Gasteiger partial charge in [-0.05, 0) is 50.9 Å². The van der Waals surface area contributed by atoms with Crippen molar-refractivity contribution < 1.29 is 52.9 Å². The van der Waals surface area contributed by atoms with Crippen LogP contribution < -0.4 is 0 Å². The monoisotopic (exact) mass is 899 g/mol. The van der Waals surface area contributed by atoms with Gasteiger partial charge < -0.3 is 29.7 Å². The Labute approximate surface area is 377 Å². The second-order valence-corrected chi connectivity index (χ2v) is 18.6. The lowest BCUT2D eigenvalue weighted by Crippen LogP contribution is -2.29. The third-order valence-corrected chi connectivity index (χ3v) is 11.4. The van der Waals surface area contributed by atoms with Crippen LogP contribution in [0.2, 0.25) is 0 Å². The summed E-state index contributed by atoms with van der Waals surface area (Å²) >= 11 is 0. The van der Waals surface area contributed by atoms with E-state index in [0.717, 1.165) is 38.0 Å². The predicted octanol–water partition coefficient (Wildman–Crippen LogP) is 12.5. The molecule has 0 rings (SSSR count). The molecule has 0 saturated carbocycles. The molecular weight excluding hydrogens is 808 g/mol. The highest BCUT2D eigenvalue weighted by atomic mass is 31.2. The number of hydrogen-bond acceptors (Lipinski definition) is 10. The third-order valence-electron chi connectivity index (χ3n) is 10.5. The average Bonchev–Trinajstić information content (AvgIpc) is 3.24. The van der Waals surface area contributed by atoms with Crippen LogP contribution in [0.3, 0.4) is 0 Å². The zero-order chi connectivity index (χ0) is 45.8. The standard InChI is InChI=1S/C50H91O11P/c1-4-5-6-7-8-19-23-27-32-37-46(52)38-33-28-25-30-34-39-49(54)58-43-48(44-60-62(56,57)59-42-47(53)41-51)61-50(55)40-35-29-24-21-18-16-14-12-10-9-11-13-15-17-20-22-26-31-36-45(2)3/h8,19,25,27-28,32-33,38,45-48,51-53H,4-7,9-18,20-24,26,29-31,34-37,39-44H2,1-3H3,(H,56,57)/b19-8-,28-25+,32-27-,38-33-/t46?,47-,48+/m0/s1. The summed E-state index contributed by atoms with van der Waals surface area (Å²) in [5.74, 6) is -0.213. The molecule has 0 bridgehead atoms. The van der Waals surface area contributed by atoms with Gasteiger partial charge in [0.2, 0.25) is 0 Å². The number of ether oxygens (including phenoxy) is 2. The van der Waals surface area contributed by atoms with Crippen molar-refractivity contribution in [3.8, 4) is 0 Å². The molecule has 0 heterocycles. The molecule has 0 amide bonds. The van der Waals surface area contributed by atoms with Crippen LogP contribution in [0.15, 0.2) is 48.6 Å². The summed E-state index contributed by atoms with van der Waals surface area (Å²) in [6, 6.07) is 0. The van der Waals surface area contributed by atoms with E-state index in [-0.39, 0.29) is 19.4 Å². The Balaban J connectivity index is 4.34. The van der Waals surface area contributed by atoms with Crippen molar-refractivity contribution in [3.05, 3.63) is 48.6 Å². The third kappa shape index (κ3) is 44.5. The molecule has 0 radical (unpaired) electrons. The number of allylic oxidation sites excluding steroid dienone is 6. The summed E-state index contributed by atoms with van der Waals surface area (Å²) in [6.45, 7) is 4.56. The first-order valence-corrected chi connectivity index (χ1v) is 26.1. The molecule has 2 unspecified atom stereocenters. The Bertz CT molecular complexity index is 1200. The summed E-state index contributed by atoms with van der Waals surface area (Å²) < 4.78 is 32.7. The van der Waals surface area contributed by atoms with Gasteiger partial charge in [0.05, 0.1) is 25.9 Å². The van der Waals surface area contributed by atoms with E-state index in [0.29, 0.717) is 25.7 Å². The lowest BCUT2D eigenvalue weighted by Gasteiger charge is -2.20. The SMILES string of the molecule is CCCCC/C=C\C/C=C\CC(O)/C=C\C=C\CCCC(=O)OC[C@H](COP(=O)(O)OC[C@@H](O)CO)OC(=O)CCCCCCCCCCCCCCCCCCCCC(C)C. The molecule has 0 spiro atoms. The summed E-state index contributed by atoms with van der Waals surface area (Å²) in [7, 11) is -4.65. The zero-order valence-corrected chi connectivity index (χ0v) is 40.3. The summed E-state index contributed by atoms with van der Waals surface area (Å²) in [5.41, 5.74) is 0. The number of esters is 2. The average molecular weight is 899 g/mol. The fraction of sp³-hybridized carbons (Fsp3) is 0.800. The predicted molar refractivity (Wildman–Crippen MR) is 253 cm³/mol. The van der Waals surface area contributed by atoms with Crippen molar-refractivity contribution in [1.29, 1.82) is 0 Å². The van der Waals surface area contributed by atoms with Crippen LogP contribution in [0.1, 0.15) is 207 Å². The number of unbranched alkanes of at least 4 members (excludes halogenated alkanes) is 21. The first kappa shape index (κ1) is 59.9. The smallest absolute Gasteiger partial charge is 0.462 e. The van der Waals surface area contributed by atoms with Crippen molar-refractivity contribution in [2.45, 2.75) is 225 Å². The van der Waals surface area contributed by atoms with Crippen LogP contribution in [0.5, 0.6) is 0 Å². The largest absolute Gasteiger partial charge is 0.472 e. The molecule has 0 aliphatic heterocycles. The van der Waals surface area contributed by atoms with E-state index >= 15 is 0 Å². The van der Waals surface area contributed by atoms with E-state index in [2.05, 4.69) is 43.5 Å². The van der Waals surface area contributed by atoms with Gasteiger partial charge in [0.1, 0.15) is 12.7 Å². The highest BCUT2D eigenvalue weighted by molar-refractivity contribution is 7.47. The van der Waals surface area contributed by atoms with E-state index in [1.165, 1.54) is 116 Å². The molecule has 0 aliphatic carbocycles. The Morgan fingerprint density at radius 1 is 0.597 bits per heavy atom. The molecule has 4 N–H and O–H groups in total. The molecule has 0 fully saturated rings. The fourth-order valence-corrected chi connectivity index (χ4v) is 7.45. The molecule has 62 heavy (non-hydrogen) atoms. The van der Waals surface area contributed by atoms with E-state index in [4.69, 9.17) is 19.1 Å². The maximum absolute atomic E-state index is 12.7. The molecule has 11 nitrogen and oxygen atoms in total. The van der Waals surface area contributed by atoms with Crippen molar-refractivity contribution in [2.24, 2.45) is 5.92 Å². The molecule has 0 saturated heterocycles. The maximum atomic E-state index is 12.7. The minimum absolute atomic E-state index is 0.107. The second kappa shape index (κ2) is 44.1. The summed E-state index contributed by atoms with van der Waals surface area (Å²) in [6.07, 6.45) is 44.0. The number of carbonyl (C=O) groups excluding carboxylic acids is 2. The van der Waals surface area contributed by atoms with Gasteiger partial charge in [-0.3, -0.25) is 18.6 Å². The molecule has 362 valence electrons. The number of phosphoric ester groups is 1. The first-order chi connectivity index (χ1) is 30.0. The van der Waals surface area contributed by atoms with Gasteiger partial charge in [0, 0.05) is 12.8 Å². The highest BCUT2D eigenvalue weighted by Gasteiger charge is 2.27. The van der Waals surface area contributed by atoms with Gasteiger partial charge in [-0.25, -0.2) is 4.57 Å². The van der Waals surface area contributed by atoms with Crippen molar-refractivity contribution in [1.82, 2.24) is 0 Å². The molecule has 0 aromatic carbocycles. The van der Waals surface area contributed by atoms with Crippen molar-refractivity contribution in [3.63, 3.8) is 0 Å². The van der Waals surface area contributed by atoms with Gasteiger partial charge >= 0.3 is 19.8 Å². The first-order valence-electron chi connectivity index (χ1n) is 24.6. The van der Waals surface area contributed by atoms with E-state index in [1.807, 2.05) is 18.2 Å². The fourth-order valence-electron chi connectivity index (χ4n) is 6.66. The van der Waals surface area contributed by atoms with E-state index in [1.54, 1.807) is 12.2 Å². The van der Waals surface area contributed by atoms with Crippen molar-refractivity contribution >= 4 is 19.8 Å². The Morgan fingerprint density at radius 2 is 1.13 bits per heavy atom. The Kier molecular flexibility index (Phi) is 42.6. The number of phosphoric acid groups is 1. The molecular formula is C50H91O11P. The van der Waals surface area contributed by atoms with E-state index in [9.17, 15) is 29.3 Å². The summed E-state index contributed by atoms with van der Waals surface area (Å²) in [4.78, 5) is 35.1. The van der Waals surface area contributed by atoms with E-state index < -0.39 is 57.9 Å². The van der Waals surface area contributed by atoms with Crippen LogP contribution in [-0.2, 0) is 32.7 Å². The quantitative estimate of drug-likeness (QED) is 0.0151. The van der Waals surface area contributed by atoms with Crippen LogP contribution in [0.4, 0.5) is 0 Å². The normalized spacial score (nSPS) is 14.7. The minimum atomic E-state index is -4.65. The van der Waals surface area contributed by atoms with Crippen LogP contribution >= 0.6 is 7.82 Å². The van der Waals surface area contributed by atoms with Gasteiger partial charge in [-0.2, -0.15) is 0 Å². The lowest BCUT2D eigenvalue weighted by molar-refractivity contribution is -0.161. The maximum Gasteiger partial charge on any atom is 0.472 e. The number of hydrogen-bond donors (Lipinski definition) is 4. The Hall–Kier alpha value is -2.11. The second-order valence-electron chi connectivity index (χ2n) is 17.2. The topological polar surface area (TPSA) is 169 Å². The lowest BCUT2D eigenvalue weighted by atomic mass is 10.0. The number of aliphatic hydroxyl groups excluding tert-OH is 3. The molecule has 12 heteroatoms. The van der Waals surface area contributed by atoms with Gasteiger partial charge in [0.15, 0.2) is 6.10 Å². The Morgan fingerprint density at radius 3 is 1.71 bits per heavy atom. The molecule has 0 aliphatic rings. The van der Waals surface area contributed by atoms with Gasteiger partial charge in [-0.1, -0.05) is 198 Å². The van der Waals surface area contributed by atoms with Crippen LogP contribution in [0, 0.1) is 5.92 Å². The summed E-state index contributed by atoms with van der Waals surface area (Å²) in [5, 5.41) is 28.5. The van der Waals surface area contributed by atoms with Crippen molar-refractivity contribution in [2.75, 3.05) is 26.4 Å². The van der Waals surface area contributed by atoms with Crippen LogP contribution in [-0.4, -0.2) is 76.9 Å². The van der Waals surface area contributed by atoms with Gasteiger partial charge in [-0.15, -0.1) is 0 Å². The number of aliphatic hydroxyl groups is 3. The van der Waals surface area contributed by atoms with Crippen LogP contribution in [0.25, 0.3) is 0 Å². The highest BCUT2D eigenvalue weighted by Crippen LogP contribution is 2.43. The molecule has 0 aromatic heterocycles. The zero-order valence-electron chi connectivity index (χ0n) is 39.4. The molecule has 4 atom stereocenters. The number of rotatable bonds is 45. The number of carbonyl (C=O) groups is 2. The molecule has 0 aromatic rings. The van der Waals surface area contributed by atoms with Gasteiger partial charge in [0.25, 0.3) is 0 Å². The minimum Gasteiger partial charge on any atom is -0.462 e.